The van der Waals surface area contributed by atoms with Crippen LogP contribution in [0.3, 0.4) is 0 Å². The van der Waals surface area contributed by atoms with E-state index in [1.807, 2.05) is 31.2 Å². The summed E-state index contributed by atoms with van der Waals surface area (Å²) < 4.78 is 13.1. The van der Waals surface area contributed by atoms with Gasteiger partial charge in [0.25, 0.3) is 5.91 Å². The second-order valence-corrected chi connectivity index (χ2v) is 7.65. The molecule has 4 nitrogen and oxygen atoms in total. The molecule has 3 rings (SSSR count). The van der Waals surface area contributed by atoms with Crippen LogP contribution in [-0.4, -0.2) is 38.6 Å². The van der Waals surface area contributed by atoms with E-state index in [2.05, 4.69) is 25.2 Å². The molecule has 0 spiro atoms. The minimum Gasteiger partial charge on any atom is -0.321 e. The minimum atomic E-state index is -0.190. The molecule has 0 aromatic heterocycles. The van der Waals surface area contributed by atoms with Crippen molar-refractivity contribution in [1.82, 2.24) is 0 Å². The van der Waals surface area contributed by atoms with Crippen LogP contribution in [0.4, 0.5) is 10.1 Å². The second-order valence-electron chi connectivity index (χ2n) is 7.65. The molecule has 1 saturated heterocycles. The van der Waals surface area contributed by atoms with Crippen LogP contribution in [0.15, 0.2) is 42.5 Å². The fourth-order valence-corrected chi connectivity index (χ4v) is 3.83. The van der Waals surface area contributed by atoms with Gasteiger partial charge in [0, 0.05) is 11.3 Å². The largest absolute Gasteiger partial charge is 0.321 e. The van der Waals surface area contributed by atoms with Crippen molar-refractivity contribution >= 4 is 11.6 Å². The van der Waals surface area contributed by atoms with Crippen LogP contribution >= 0.6 is 0 Å². The molecule has 0 bridgehead atoms. The summed E-state index contributed by atoms with van der Waals surface area (Å²) in [7, 11) is 0. The maximum atomic E-state index is 13.1. The van der Waals surface area contributed by atoms with Gasteiger partial charge < -0.3 is 15.1 Å². The zero-order valence-corrected chi connectivity index (χ0v) is 16.4. The van der Waals surface area contributed by atoms with Crippen molar-refractivity contribution in [2.24, 2.45) is 0 Å². The van der Waals surface area contributed by atoms with E-state index >= 15 is 0 Å². The van der Waals surface area contributed by atoms with Crippen LogP contribution in [0.5, 0.6) is 0 Å². The lowest BCUT2D eigenvalue weighted by Gasteiger charge is -2.33. The van der Waals surface area contributed by atoms with E-state index in [9.17, 15) is 9.18 Å². The molecule has 1 atom stereocenters. The van der Waals surface area contributed by atoms with Gasteiger partial charge in [-0.25, -0.2) is 4.39 Å². The average Bonchev–Trinajstić information content (AvgIpc) is 2.66. The Morgan fingerprint density at radius 2 is 1.74 bits per heavy atom. The van der Waals surface area contributed by atoms with Crippen molar-refractivity contribution in [2.45, 2.75) is 26.8 Å². The number of aryl methyl sites for hydroxylation is 1. The quantitative estimate of drug-likeness (QED) is 0.719. The van der Waals surface area contributed by atoms with E-state index in [1.54, 1.807) is 0 Å². The maximum absolute atomic E-state index is 13.1. The van der Waals surface area contributed by atoms with Crippen LogP contribution in [0, 0.1) is 19.7 Å². The normalized spacial score (nSPS) is 20.9. The number of nitrogens with one attached hydrogen (secondary N) is 3. The van der Waals surface area contributed by atoms with Gasteiger partial charge in [0.2, 0.25) is 0 Å². The molecule has 0 unspecified atom stereocenters. The molecule has 144 valence electrons. The Bertz CT molecular complexity index is 783. The van der Waals surface area contributed by atoms with E-state index in [-0.39, 0.29) is 11.7 Å². The second kappa shape index (κ2) is 8.63. The number of benzene rings is 2. The molecule has 5 heteroatoms. The predicted molar refractivity (Wildman–Crippen MR) is 106 cm³/mol. The summed E-state index contributed by atoms with van der Waals surface area (Å²) in [6.07, 6.45) is 0. The Hall–Kier alpha value is -2.24. The molecule has 3 N–H and O–H groups in total. The first-order chi connectivity index (χ1) is 12.9. The summed E-state index contributed by atoms with van der Waals surface area (Å²) >= 11 is 0. The fourth-order valence-electron chi connectivity index (χ4n) is 3.83. The van der Waals surface area contributed by atoms with Crippen molar-refractivity contribution in [2.75, 3.05) is 38.0 Å². The number of amides is 1. The highest BCUT2D eigenvalue weighted by molar-refractivity contribution is 5.92. The summed E-state index contributed by atoms with van der Waals surface area (Å²) in [5, 5.41) is 3.06. The van der Waals surface area contributed by atoms with Gasteiger partial charge in [0.15, 0.2) is 6.54 Å². The molecule has 1 fully saturated rings. The molecule has 2 aromatic rings. The first kappa shape index (κ1) is 19.5. The lowest BCUT2D eigenvalue weighted by atomic mass is 10.1. The van der Waals surface area contributed by atoms with Crippen molar-refractivity contribution in [1.29, 1.82) is 0 Å². The molecule has 0 saturated carbocycles. The van der Waals surface area contributed by atoms with Crippen LogP contribution in [0.25, 0.3) is 0 Å². The first-order valence-electron chi connectivity index (χ1n) is 9.73. The van der Waals surface area contributed by atoms with Gasteiger partial charge in [-0.05, 0) is 50.1 Å². The number of quaternary nitrogens is 2. The van der Waals surface area contributed by atoms with E-state index in [0.29, 0.717) is 12.6 Å². The van der Waals surface area contributed by atoms with Crippen LogP contribution in [0.1, 0.15) is 29.7 Å². The number of halogens is 1. The van der Waals surface area contributed by atoms with Crippen molar-refractivity contribution in [3.05, 3.63) is 65.0 Å². The molecule has 1 amide bonds. The molecule has 1 aliphatic rings. The molecule has 27 heavy (non-hydrogen) atoms. The number of carbonyl (C=O) groups is 1. The highest BCUT2D eigenvalue weighted by Gasteiger charge is 2.29. The predicted octanol–water partition coefficient (Wildman–Crippen LogP) is 0.926. The number of anilines is 1. The molecular weight excluding hydrogens is 341 g/mol. The smallest absolute Gasteiger partial charge is 0.279 e. The first-order valence-corrected chi connectivity index (χ1v) is 9.73. The standard InChI is InChI=1S/C22H28FN3O/c1-16-5-4-6-21(17(16)2)24-22(27)15-25-11-13-26(14-12-25)18(3)19-7-9-20(23)10-8-19/h4-10,18H,11-15H2,1-3H3,(H,24,27)/p+2/t18-/m1/s1. The van der Waals surface area contributed by atoms with Gasteiger partial charge in [0.05, 0.1) is 0 Å². The Kier molecular flexibility index (Phi) is 6.24. The SMILES string of the molecule is Cc1cccc(NC(=O)C[NH+]2CC[NH+]([C@H](C)c3ccc(F)cc3)CC2)c1C. The van der Waals surface area contributed by atoms with Gasteiger partial charge in [-0.3, -0.25) is 4.79 Å². The van der Waals surface area contributed by atoms with E-state index < -0.39 is 0 Å². The number of hydrogen-bond donors (Lipinski definition) is 3. The fraction of sp³-hybridized carbons (Fsp3) is 0.409. The van der Waals surface area contributed by atoms with Gasteiger partial charge in [-0.15, -0.1) is 0 Å². The summed E-state index contributed by atoms with van der Waals surface area (Å²) in [6.45, 7) is 10.8. The van der Waals surface area contributed by atoms with E-state index in [0.717, 1.165) is 37.4 Å². The Balaban J connectivity index is 1.49. The van der Waals surface area contributed by atoms with Crippen LogP contribution in [0.2, 0.25) is 0 Å². The zero-order chi connectivity index (χ0) is 19.4. The molecule has 2 aromatic carbocycles. The number of piperazine rings is 1. The van der Waals surface area contributed by atoms with Gasteiger partial charge in [-0.2, -0.15) is 0 Å². The van der Waals surface area contributed by atoms with E-state index in [1.165, 1.54) is 33.1 Å². The van der Waals surface area contributed by atoms with Gasteiger partial charge in [0.1, 0.15) is 38.0 Å². The van der Waals surface area contributed by atoms with Crippen molar-refractivity contribution in [3.63, 3.8) is 0 Å². The third kappa shape index (κ3) is 4.93. The lowest BCUT2D eigenvalue weighted by Crippen LogP contribution is -3.28. The zero-order valence-electron chi connectivity index (χ0n) is 16.4. The topological polar surface area (TPSA) is 38.0 Å². The van der Waals surface area contributed by atoms with Crippen LogP contribution in [-0.2, 0) is 4.79 Å². The Labute approximate surface area is 161 Å². The molecular formula is C22H30FN3O+2. The monoisotopic (exact) mass is 371 g/mol. The third-order valence-electron chi connectivity index (χ3n) is 5.87. The minimum absolute atomic E-state index is 0.0775. The van der Waals surface area contributed by atoms with Crippen molar-refractivity contribution < 1.29 is 19.0 Å². The Morgan fingerprint density at radius 1 is 1.07 bits per heavy atom. The molecule has 1 aliphatic heterocycles. The van der Waals surface area contributed by atoms with Gasteiger partial charge in [-0.1, -0.05) is 24.3 Å². The summed E-state index contributed by atoms with van der Waals surface area (Å²) in [6, 6.07) is 13.2. The molecule has 0 radical (unpaired) electrons. The van der Waals surface area contributed by atoms with Gasteiger partial charge >= 0.3 is 0 Å². The summed E-state index contributed by atoms with van der Waals surface area (Å²) in [5.41, 5.74) is 4.39. The number of rotatable bonds is 5. The highest BCUT2D eigenvalue weighted by Crippen LogP contribution is 2.17. The number of carbonyl (C=O) groups excluding carboxylic acids is 1. The highest BCUT2D eigenvalue weighted by atomic mass is 19.1. The Morgan fingerprint density at radius 3 is 2.41 bits per heavy atom. The average molecular weight is 372 g/mol. The lowest BCUT2D eigenvalue weighted by molar-refractivity contribution is -1.02. The van der Waals surface area contributed by atoms with E-state index in [4.69, 9.17) is 0 Å². The number of hydrogen-bond acceptors (Lipinski definition) is 1. The summed E-state index contributed by atoms with van der Waals surface area (Å²) in [5.74, 6) is -0.112. The summed E-state index contributed by atoms with van der Waals surface area (Å²) in [4.78, 5) is 15.3. The molecule has 1 heterocycles. The maximum Gasteiger partial charge on any atom is 0.279 e. The van der Waals surface area contributed by atoms with Crippen LogP contribution < -0.4 is 15.1 Å². The molecule has 0 aliphatic carbocycles. The van der Waals surface area contributed by atoms with Crippen molar-refractivity contribution in [3.8, 4) is 0 Å². The third-order valence-corrected chi connectivity index (χ3v) is 5.87.